The third-order valence-corrected chi connectivity index (χ3v) is 4.24. The number of aryl methyl sites for hydroxylation is 1. The minimum Gasteiger partial charge on any atom is -0.399 e. The lowest BCUT2D eigenvalue weighted by Crippen LogP contribution is -2.40. The molecular weight excluding hydrogens is 252 g/mol. The Labute approximate surface area is 120 Å². The molecule has 1 unspecified atom stereocenters. The molecule has 0 bridgehead atoms. The summed E-state index contributed by atoms with van der Waals surface area (Å²) in [5.41, 5.74) is 7.68. The molecule has 1 aliphatic heterocycles. The largest absolute Gasteiger partial charge is 0.399 e. The van der Waals surface area contributed by atoms with Crippen LogP contribution in [0.25, 0.3) is 0 Å². The summed E-state index contributed by atoms with van der Waals surface area (Å²) in [4.78, 5) is 14.1. The Morgan fingerprint density at radius 3 is 2.65 bits per heavy atom. The number of aliphatic hydroxyl groups excluding tert-OH is 1. The number of nitrogen functional groups attached to an aromatic ring is 1. The molecule has 20 heavy (non-hydrogen) atoms. The van der Waals surface area contributed by atoms with Gasteiger partial charge in [0.25, 0.3) is 0 Å². The van der Waals surface area contributed by atoms with E-state index in [1.54, 1.807) is 0 Å². The fourth-order valence-electron chi connectivity index (χ4n) is 2.79. The van der Waals surface area contributed by atoms with Crippen molar-refractivity contribution in [1.29, 1.82) is 0 Å². The number of likely N-dealkylation sites (tertiary alicyclic amines) is 1. The van der Waals surface area contributed by atoms with Crippen molar-refractivity contribution in [2.45, 2.75) is 38.7 Å². The predicted octanol–water partition coefficient (Wildman–Crippen LogP) is 1.82. The summed E-state index contributed by atoms with van der Waals surface area (Å²) in [6.45, 7) is 3.36. The molecule has 2 rings (SSSR count). The highest BCUT2D eigenvalue weighted by atomic mass is 16.3. The normalized spacial score (nSPS) is 18.0. The van der Waals surface area contributed by atoms with Crippen LogP contribution in [0.2, 0.25) is 0 Å². The maximum Gasteiger partial charge on any atom is 0.222 e. The Kier molecular flexibility index (Phi) is 5.01. The molecule has 0 aliphatic carbocycles. The number of nitrogens with zero attached hydrogens (tertiary/aromatic N) is 1. The van der Waals surface area contributed by atoms with Gasteiger partial charge in [-0.25, -0.2) is 0 Å². The molecule has 1 aliphatic rings. The standard InChI is InChI=1S/C16H24N2O2/c1-12(19)13-8-10-18(11-9-13)16(20)7-6-14-4-2-3-5-15(14)17/h2-5,12-13,19H,6-11,17H2,1H3. The number of para-hydroxylation sites is 1. The van der Waals surface area contributed by atoms with Crippen molar-refractivity contribution in [2.75, 3.05) is 18.8 Å². The Morgan fingerprint density at radius 2 is 2.05 bits per heavy atom. The molecule has 110 valence electrons. The van der Waals surface area contributed by atoms with Gasteiger partial charge in [-0.2, -0.15) is 0 Å². The number of hydrogen-bond donors (Lipinski definition) is 2. The Bertz CT molecular complexity index is 452. The van der Waals surface area contributed by atoms with Crippen LogP contribution in [0.5, 0.6) is 0 Å². The molecule has 1 fully saturated rings. The third-order valence-electron chi connectivity index (χ3n) is 4.24. The number of amides is 1. The van der Waals surface area contributed by atoms with E-state index in [0.717, 1.165) is 37.2 Å². The molecule has 4 nitrogen and oxygen atoms in total. The number of carbonyl (C=O) groups excluding carboxylic acids is 1. The molecule has 1 aromatic carbocycles. The van der Waals surface area contributed by atoms with Gasteiger partial charge in [-0.15, -0.1) is 0 Å². The molecule has 0 saturated carbocycles. The fourth-order valence-corrected chi connectivity index (χ4v) is 2.79. The summed E-state index contributed by atoms with van der Waals surface area (Å²) in [6, 6.07) is 7.70. The van der Waals surface area contributed by atoms with Crippen molar-refractivity contribution in [1.82, 2.24) is 4.90 Å². The van der Waals surface area contributed by atoms with Gasteiger partial charge in [0.2, 0.25) is 5.91 Å². The lowest BCUT2D eigenvalue weighted by Gasteiger charge is -2.33. The highest BCUT2D eigenvalue weighted by molar-refractivity contribution is 5.76. The van der Waals surface area contributed by atoms with E-state index in [4.69, 9.17) is 5.73 Å². The summed E-state index contributed by atoms with van der Waals surface area (Å²) in [7, 11) is 0. The van der Waals surface area contributed by atoms with Gasteiger partial charge in [0.05, 0.1) is 6.10 Å². The lowest BCUT2D eigenvalue weighted by molar-refractivity contribution is -0.133. The number of anilines is 1. The van der Waals surface area contributed by atoms with Gasteiger partial charge >= 0.3 is 0 Å². The highest BCUT2D eigenvalue weighted by Crippen LogP contribution is 2.21. The lowest BCUT2D eigenvalue weighted by atomic mass is 9.92. The van der Waals surface area contributed by atoms with Gasteiger partial charge in [0.15, 0.2) is 0 Å². The zero-order valence-electron chi connectivity index (χ0n) is 12.1. The smallest absolute Gasteiger partial charge is 0.222 e. The van der Waals surface area contributed by atoms with Crippen molar-refractivity contribution < 1.29 is 9.90 Å². The summed E-state index contributed by atoms with van der Waals surface area (Å²) < 4.78 is 0. The molecule has 0 aromatic heterocycles. The number of nitrogens with two attached hydrogens (primary N) is 1. The monoisotopic (exact) mass is 276 g/mol. The molecule has 1 saturated heterocycles. The molecule has 1 amide bonds. The van der Waals surface area contributed by atoms with E-state index in [-0.39, 0.29) is 12.0 Å². The van der Waals surface area contributed by atoms with Crippen molar-refractivity contribution in [3.63, 3.8) is 0 Å². The number of piperidine rings is 1. The van der Waals surface area contributed by atoms with Crippen LogP contribution in [-0.2, 0) is 11.2 Å². The average Bonchev–Trinajstić information content (AvgIpc) is 2.46. The van der Waals surface area contributed by atoms with E-state index in [9.17, 15) is 9.90 Å². The molecule has 3 N–H and O–H groups in total. The van der Waals surface area contributed by atoms with Crippen LogP contribution in [0.1, 0.15) is 31.7 Å². The van der Waals surface area contributed by atoms with Gasteiger partial charge in [-0.05, 0) is 43.7 Å². The summed E-state index contributed by atoms with van der Waals surface area (Å²) in [5, 5.41) is 9.57. The second-order valence-electron chi connectivity index (χ2n) is 5.66. The fraction of sp³-hybridized carbons (Fsp3) is 0.562. The van der Waals surface area contributed by atoms with Crippen LogP contribution < -0.4 is 5.73 Å². The zero-order chi connectivity index (χ0) is 14.5. The first-order valence-electron chi connectivity index (χ1n) is 7.37. The van der Waals surface area contributed by atoms with E-state index >= 15 is 0 Å². The number of hydrogen-bond acceptors (Lipinski definition) is 3. The van der Waals surface area contributed by atoms with Crippen LogP contribution in [0.4, 0.5) is 5.69 Å². The van der Waals surface area contributed by atoms with Crippen LogP contribution in [0, 0.1) is 5.92 Å². The van der Waals surface area contributed by atoms with Gasteiger partial charge in [-0.1, -0.05) is 18.2 Å². The van der Waals surface area contributed by atoms with E-state index in [1.807, 2.05) is 36.1 Å². The zero-order valence-corrected chi connectivity index (χ0v) is 12.1. The second-order valence-corrected chi connectivity index (χ2v) is 5.66. The number of aliphatic hydroxyl groups is 1. The first-order chi connectivity index (χ1) is 9.58. The Morgan fingerprint density at radius 1 is 1.40 bits per heavy atom. The Balaban J connectivity index is 1.80. The van der Waals surface area contributed by atoms with Crippen LogP contribution in [-0.4, -0.2) is 35.1 Å². The maximum atomic E-state index is 12.2. The Hall–Kier alpha value is -1.55. The number of carbonyl (C=O) groups is 1. The third kappa shape index (κ3) is 3.73. The maximum absolute atomic E-state index is 12.2. The van der Waals surface area contributed by atoms with E-state index in [1.165, 1.54) is 0 Å². The minimum absolute atomic E-state index is 0.192. The highest BCUT2D eigenvalue weighted by Gasteiger charge is 2.25. The minimum atomic E-state index is -0.267. The van der Waals surface area contributed by atoms with Crippen LogP contribution in [0.3, 0.4) is 0 Å². The molecule has 1 heterocycles. The first kappa shape index (κ1) is 14.9. The van der Waals surface area contributed by atoms with Crippen molar-refractivity contribution >= 4 is 11.6 Å². The molecule has 0 spiro atoms. The van der Waals surface area contributed by atoms with Gasteiger partial charge in [0, 0.05) is 25.2 Å². The molecular formula is C16H24N2O2. The van der Waals surface area contributed by atoms with E-state index in [2.05, 4.69) is 0 Å². The van der Waals surface area contributed by atoms with Crippen molar-refractivity contribution in [3.05, 3.63) is 29.8 Å². The van der Waals surface area contributed by atoms with Gasteiger partial charge in [0.1, 0.15) is 0 Å². The topological polar surface area (TPSA) is 66.6 Å². The summed E-state index contributed by atoms with van der Waals surface area (Å²) in [6.07, 6.45) is 2.74. The predicted molar refractivity (Wildman–Crippen MR) is 80.2 cm³/mol. The number of benzene rings is 1. The second kappa shape index (κ2) is 6.75. The molecule has 1 aromatic rings. The van der Waals surface area contributed by atoms with Crippen LogP contribution in [0.15, 0.2) is 24.3 Å². The van der Waals surface area contributed by atoms with Crippen molar-refractivity contribution in [2.24, 2.45) is 5.92 Å². The molecule has 1 atom stereocenters. The first-order valence-corrected chi connectivity index (χ1v) is 7.37. The van der Waals surface area contributed by atoms with Gasteiger partial charge in [-0.3, -0.25) is 4.79 Å². The average molecular weight is 276 g/mol. The number of rotatable bonds is 4. The van der Waals surface area contributed by atoms with Crippen molar-refractivity contribution in [3.8, 4) is 0 Å². The molecule has 4 heteroatoms. The summed E-state index contributed by atoms with van der Waals surface area (Å²) in [5.74, 6) is 0.529. The quantitative estimate of drug-likeness (QED) is 0.824. The van der Waals surface area contributed by atoms with Gasteiger partial charge < -0.3 is 15.7 Å². The van der Waals surface area contributed by atoms with E-state index in [0.29, 0.717) is 18.8 Å². The van der Waals surface area contributed by atoms with E-state index < -0.39 is 0 Å². The van der Waals surface area contributed by atoms with Crippen LogP contribution >= 0.6 is 0 Å². The molecule has 0 radical (unpaired) electrons. The summed E-state index contributed by atoms with van der Waals surface area (Å²) >= 11 is 0. The SMILES string of the molecule is CC(O)C1CCN(C(=O)CCc2ccccc2N)CC1.